The molecule has 258 valence electrons. The summed E-state index contributed by atoms with van der Waals surface area (Å²) in [5.74, 6) is 0. The Labute approximate surface area is 315 Å². The van der Waals surface area contributed by atoms with Gasteiger partial charge in [-0.05, 0) is 86.9 Å². The van der Waals surface area contributed by atoms with Crippen molar-refractivity contribution in [1.82, 2.24) is 8.97 Å². The molecule has 7 aromatic carbocycles. The van der Waals surface area contributed by atoms with Gasteiger partial charge in [-0.1, -0.05) is 126 Å². The fraction of sp³-hybridized carbons (Fsp3) is 0.160. The zero-order valence-corrected chi connectivity index (χ0v) is 31.6. The second-order valence-corrected chi connectivity index (χ2v) is 17.8. The summed E-state index contributed by atoms with van der Waals surface area (Å²) < 4.78 is 5.25. The average molecular weight is 694 g/mol. The first-order chi connectivity index (χ1) is 26.1. The number of aromatic nitrogens is 2. The minimum Gasteiger partial charge on any atom is -0.311 e. The summed E-state index contributed by atoms with van der Waals surface area (Å²) in [4.78, 5) is 2.48. The van der Waals surface area contributed by atoms with E-state index in [4.69, 9.17) is 0 Å². The van der Waals surface area contributed by atoms with Crippen LogP contribution >= 0.6 is 0 Å². The zero-order valence-electron chi connectivity index (χ0n) is 31.6. The minimum absolute atomic E-state index is 0.0292. The zero-order chi connectivity index (χ0) is 36.4. The number of rotatable bonds is 1. The van der Waals surface area contributed by atoms with Crippen molar-refractivity contribution in [2.24, 2.45) is 0 Å². The number of hydrogen-bond donors (Lipinski definition) is 0. The molecule has 3 aromatic heterocycles. The van der Waals surface area contributed by atoms with Crippen LogP contribution in [0.1, 0.15) is 52.7 Å². The lowest BCUT2D eigenvalue weighted by Gasteiger charge is -2.40. The molecular formula is C50H40BN3. The molecule has 0 aliphatic carbocycles. The van der Waals surface area contributed by atoms with E-state index < -0.39 is 0 Å². The fourth-order valence-corrected chi connectivity index (χ4v) is 10.2. The second kappa shape index (κ2) is 9.95. The van der Waals surface area contributed by atoms with Crippen molar-refractivity contribution >= 4 is 100 Å². The SMILES string of the molecule is CC(C)(C)c1ccc2c3cc4c5cccc6c5n(c4c4c5ccc(C(C)(C)C)cc5n(c2c1)c34)-c1cccc2c1B6c1ccccc1N2c1ccccc1. The van der Waals surface area contributed by atoms with Crippen LogP contribution in [0, 0.1) is 0 Å². The van der Waals surface area contributed by atoms with E-state index in [2.05, 4.69) is 189 Å². The molecule has 0 radical (unpaired) electrons. The van der Waals surface area contributed by atoms with E-state index in [9.17, 15) is 0 Å². The van der Waals surface area contributed by atoms with Gasteiger partial charge in [0.05, 0.1) is 22.1 Å². The van der Waals surface area contributed by atoms with Gasteiger partial charge in [0, 0.05) is 60.6 Å². The Morgan fingerprint density at radius 3 is 1.81 bits per heavy atom. The van der Waals surface area contributed by atoms with Gasteiger partial charge in [0.2, 0.25) is 0 Å². The van der Waals surface area contributed by atoms with Gasteiger partial charge in [-0.25, -0.2) is 0 Å². The largest absolute Gasteiger partial charge is 0.311 e. The molecule has 0 saturated heterocycles. The smallest absolute Gasteiger partial charge is 0.252 e. The van der Waals surface area contributed by atoms with Crippen LogP contribution in [0.2, 0.25) is 0 Å². The first kappa shape index (κ1) is 30.5. The highest BCUT2D eigenvalue weighted by Crippen LogP contribution is 2.49. The third-order valence-electron chi connectivity index (χ3n) is 12.7. The highest BCUT2D eigenvalue weighted by Gasteiger charge is 2.42. The van der Waals surface area contributed by atoms with Crippen LogP contribution in [0.4, 0.5) is 17.1 Å². The molecule has 2 aliphatic rings. The van der Waals surface area contributed by atoms with Gasteiger partial charge >= 0.3 is 0 Å². The number of anilines is 3. The van der Waals surface area contributed by atoms with E-state index in [0.717, 1.165) is 0 Å². The van der Waals surface area contributed by atoms with Crippen molar-refractivity contribution in [3.05, 3.63) is 145 Å². The van der Waals surface area contributed by atoms with Crippen LogP contribution in [0.25, 0.3) is 65.6 Å². The Hall–Kier alpha value is -6.00. The molecule has 0 spiro atoms. The van der Waals surface area contributed by atoms with Crippen molar-refractivity contribution in [3.8, 4) is 5.69 Å². The van der Waals surface area contributed by atoms with Crippen molar-refractivity contribution < 1.29 is 0 Å². The Balaban J connectivity index is 1.30. The summed E-state index contributed by atoms with van der Waals surface area (Å²) in [6.07, 6.45) is 0. The Kier molecular flexibility index (Phi) is 5.61. The van der Waals surface area contributed by atoms with Crippen LogP contribution in [-0.4, -0.2) is 15.7 Å². The maximum absolute atomic E-state index is 2.65. The van der Waals surface area contributed by atoms with Crippen molar-refractivity contribution in [3.63, 3.8) is 0 Å². The number of nitrogens with zero attached hydrogens (tertiary/aromatic N) is 3. The number of hydrogen-bond acceptors (Lipinski definition) is 1. The monoisotopic (exact) mass is 693 g/mol. The predicted molar refractivity (Wildman–Crippen MR) is 232 cm³/mol. The number of para-hydroxylation sites is 3. The van der Waals surface area contributed by atoms with Crippen LogP contribution in [-0.2, 0) is 10.8 Å². The summed E-state index contributed by atoms with van der Waals surface area (Å²) in [7, 11) is 0. The van der Waals surface area contributed by atoms with E-state index in [1.54, 1.807) is 0 Å². The lowest BCUT2D eigenvalue weighted by molar-refractivity contribution is 0.591. The molecule has 0 unspecified atom stereocenters. The lowest BCUT2D eigenvalue weighted by Crippen LogP contribution is -2.60. The van der Waals surface area contributed by atoms with E-state index in [1.807, 2.05) is 0 Å². The minimum atomic E-state index is 0.0292. The van der Waals surface area contributed by atoms with E-state index in [1.165, 1.54) is 110 Å². The average Bonchev–Trinajstić information content (AvgIpc) is 3.80. The molecular weight excluding hydrogens is 653 g/mol. The molecule has 3 nitrogen and oxygen atoms in total. The van der Waals surface area contributed by atoms with Crippen LogP contribution < -0.4 is 21.3 Å². The maximum Gasteiger partial charge on any atom is 0.252 e. The standard InChI is InChI=1S/C50H40BN3/c1-49(2,3)29-22-24-32-35-28-36-33-16-12-18-38-46(33)54(48(36)44-34-25-23-30(50(4,5)6)27-43(34)53(47(35)44)42(32)26-29)41-21-13-20-40-45(41)51(38)37-17-10-11-19-39(37)52(40)31-14-8-7-9-15-31/h7-28H,1-6H3. The summed E-state index contributed by atoms with van der Waals surface area (Å²) in [5.41, 5.74) is 18.4. The van der Waals surface area contributed by atoms with Gasteiger partial charge in [-0.3, -0.25) is 0 Å². The summed E-state index contributed by atoms with van der Waals surface area (Å²) >= 11 is 0. The van der Waals surface area contributed by atoms with Crippen LogP contribution in [0.3, 0.4) is 0 Å². The van der Waals surface area contributed by atoms with Crippen molar-refractivity contribution in [1.29, 1.82) is 0 Å². The molecule has 0 fully saturated rings. The molecule has 0 atom stereocenters. The predicted octanol–water partition coefficient (Wildman–Crippen LogP) is 11.1. The third kappa shape index (κ3) is 3.69. The second-order valence-electron chi connectivity index (χ2n) is 17.8. The quantitative estimate of drug-likeness (QED) is 0.156. The van der Waals surface area contributed by atoms with Gasteiger partial charge in [0.1, 0.15) is 0 Å². The van der Waals surface area contributed by atoms with Gasteiger partial charge in [-0.2, -0.15) is 0 Å². The molecule has 10 aromatic rings. The molecule has 2 aliphatic heterocycles. The molecule has 0 amide bonds. The van der Waals surface area contributed by atoms with Crippen molar-refractivity contribution in [2.45, 2.75) is 52.4 Å². The topological polar surface area (TPSA) is 12.6 Å². The highest BCUT2D eigenvalue weighted by atomic mass is 15.2. The Morgan fingerprint density at radius 2 is 1.06 bits per heavy atom. The summed E-state index contributed by atoms with van der Waals surface area (Å²) in [6.45, 7) is 14.1. The van der Waals surface area contributed by atoms with Crippen LogP contribution in [0.15, 0.2) is 133 Å². The third-order valence-corrected chi connectivity index (χ3v) is 12.7. The molecule has 12 rings (SSSR count). The normalized spacial score (nSPS) is 14.0. The fourth-order valence-electron chi connectivity index (χ4n) is 10.2. The molecule has 0 N–H and O–H groups in total. The van der Waals surface area contributed by atoms with Gasteiger partial charge < -0.3 is 13.9 Å². The summed E-state index contributed by atoms with van der Waals surface area (Å²) in [5, 5.41) is 7.98. The van der Waals surface area contributed by atoms with E-state index in [-0.39, 0.29) is 17.5 Å². The maximum atomic E-state index is 2.65. The Bertz CT molecular complexity index is 3240. The number of fused-ring (bicyclic) bond motifs is 14. The molecule has 5 heterocycles. The highest BCUT2D eigenvalue weighted by molar-refractivity contribution is 7.00. The van der Waals surface area contributed by atoms with Crippen LogP contribution in [0.5, 0.6) is 0 Å². The molecule has 54 heavy (non-hydrogen) atoms. The molecule has 0 saturated carbocycles. The Morgan fingerprint density at radius 1 is 0.444 bits per heavy atom. The van der Waals surface area contributed by atoms with E-state index >= 15 is 0 Å². The first-order valence-corrected chi connectivity index (χ1v) is 19.4. The summed E-state index contributed by atoms with van der Waals surface area (Å²) in [6, 6.07) is 51.0. The van der Waals surface area contributed by atoms with Gasteiger partial charge in [0.15, 0.2) is 0 Å². The van der Waals surface area contributed by atoms with Gasteiger partial charge in [-0.15, -0.1) is 0 Å². The molecule has 0 bridgehead atoms. The van der Waals surface area contributed by atoms with Gasteiger partial charge in [0.25, 0.3) is 6.71 Å². The van der Waals surface area contributed by atoms with Crippen molar-refractivity contribution in [2.75, 3.05) is 4.90 Å². The lowest BCUT2D eigenvalue weighted by atomic mass is 9.34. The number of benzene rings is 7. The molecule has 4 heteroatoms. The van der Waals surface area contributed by atoms with E-state index in [0.29, 0.717) is 0 Å². The first-order valence-electron chi connectivity index (χ1n) is 19.4.